The first-order valence-corrected chi connectivity index (χ1v) is 23.3. The molecule has 0 bridgehead atoms. The lowest BCUT2D eigenvalue weighted by atomic mass is 9.98. The van der Waals surface area contributed by atoms with E-state index in [0.717, 1.165) is 44.4 Å². The van der Waals surface area contributed by atoms with E-state index in [2.05, 4.69) is 35.8 Å². The van der Waals surface area contributed by atoms with E-state index < -0.39 is 29.7 Å². The summed E-state index contributed by atoms with van der Waals surface area (Å²) in [4.78, 5) is 88.5. The van der Waals surface area contributed by atoms with Crippen LogP contribution in [0.2, 0.25) is 5.02 Å². The number of nitrogens with one attached hydrogen (secondary N) is 3. The number of piperazine rings is 1. The van der Waals surface area contributed by atoms with Crippen LogP contribution in [0.15, 0.2) is 71.9 Å². The fraction of sp³-hybridized carbons (Fsp3) is 0.340. The van der Waals surface area contributed by atoms with E-state index in [1.807, 2.05) is 80.1 Å². The Morgan fingerprint density at radius 2 is 1.71 bits per heavy atom. The average molecular weight is 955 g/mol. The highest BCUT2D eigenvalue weighted by molar-refractivity contribution is 6.35. The standard InChI is InChI=1S/C50H51ClN10O8/c1-28-43(29(2)58(4)56-28)44-37(51)15-14-35-34(12-8-24-68-40-13-7-10-31-9-5-6-11-33(31)40)47(50(66)57-67)61(46(35)44)23-20-59-18-21-60(22-19-59)42(63)27-69-32-25-36(45-39(26-32)52-30(3)53-45)48(64)54-38-16-17-41(62)55-49(38)65/h5-7,9-11,13-15,25-26,38H,8,12,16-24,27H2,1-4H3,(H,52,53)(H,54,64)(H,55,62,65). The van der Waals surface area contributed by atoms with Gasteiger partial charge in [0, 0.05) is 91.6 Å². The number of H-pyrrole nitrogens is 1. The number of imidazole rings is 1. The van der Waals surface area contributed by atoms with Gasteiger partial charge in [-0.2, -0.15) is 5.10 Å². The van der Waals surface area contributed by atoms with Gasteiger partial charge in [-0.1, -0.05) is 54.1 Å². The number of hydrogen-bond donors (Lipinski definition) is 3. The van der Waals surface area contributed by atoms with Gasteiger partial charge in [0.05, 0.1) is 33.9 Å². The van der Waals surface area contributed by atoms with Gasteiger partial charge in [0.25, 0.3) is 11.8 Å². The van der Waals surface area contributed by atoms with Crippen LogP contribution in [0.1, 0.15) is 62.9 Å². The quantitative estimate of drug-likeness (QED) is 0.0587. The van der Waals surface area contributed by atoms with Crippen LogP contribution in [-0.4, -0.2) is 116 Å². The van der Waals surface area contributed by atoms with Gasteiger partial charge in [-0.3, -0.25) is 38.9 Å². The monoisotopic (exact) mass is 954 g/mol. The highest BCUT2D eigenvalue weighted by Gasteiger charge is 2.31. The summed E-state index contributed by atoms with van der Waals surface area (Å²) in [6.07, 6.45) is 1.24. The highest BCUT2D eigenvalue weighted by atomic mass is 35.5. The van der Waals surface area contributed by atoms with E-state index in [0.29, 0.717) is 91.7 Å². The molecular formula is C50H51ClN10O8. The van der Waals surface area contributed by atoms with Crippen molar-refractivity contribution < 1.29 is 33.4 Å². The lowest BCUT2D eigenvalue weighted by Crippen LogP contribution is -2.52. The molecule has 9 rings (SSSR count). The molecule has 5 heterocycles. The number of nitroso groups, excluding NO2 is 1. The first-order valence-electron chi connectivity index (χ1n) is 22.9. The fourth-order valence-electron chi connectivity index (χ4n) is 9.62. The van der Waals surface area contributed by atoms with E-state index in [1.165, 1.54) is 6.07 Å². The molecule has 5 amide bonds. The first kappa shape index (κ1) is 46.7. The topological polar surface area (TPSA) is 215 Å². The molecule has 4 aromatic carbocycles. The molecule has 2 fully saturated rings. The SMILES string of the molecule is Cc1nc2c(C(=O)NC3CCC(=O)NC3=O)cc(OCC(=O)N3CCN(CCn4c(C(=O)N=O)c(CCCOc5cccc6ccccc56)c5ccc(Cl)c(-c6c(C)nn(C)c6C)c54)CC3)cc2[nH]1. The van der Waals surface area contributed by atoms with E-state index in [1.54, 1.807) is 22.6 Å². The van der Waals surface area contributed by atoms with Crippen molar-refractivity contribution in [3.63, 3.8) is 0 Å². The van der Waals surface area contributed by atoms with Gasteiger partial charge < -0.3 is 29.2 Å². The summed E-state index contributed by atoms with van der Waals surface area (Å²) >= 11 is 7.09. The van der Waals surface area contributed by atoms with Gasteiger partial charge in [-0.25, -0.2) is 4.98 Å². The van der Waals surface area contributed by atoms with Crippen molar-refractivity contribution in [1.29, 1.82) is 0 Å². The molecule has 3 N–H and O–H groups in total. The van der Waals surface area contributed by atoms with Gasteiger partial charge in [0.15, 0.2) is 6.61 Å². The number of hydrogen-bond acceptors (Lipinski definition) is 11. The van der Waals surface area contributed by atoms with Crippen LogP contribution in [0.3, 0.4) is 0 Å². The summed E-state index contributed by atoms with van der Waals surface area (Å²) in [6, 6.07) is 19.9. The van der Waals surface area contributed by atoms with Crippen molar-refractivity contribution in [2.24, 2.45) is 12.2 Å². The van der Waals surface area contributed by atoms with E-state index in [9.17, 15) is 28.9 Å². The number of aromatic amines is 1. The van der Waals surface area contributed by atoms with E-state index in [4.69, 9.17) is 21.1 Å². The molecule has 2 aliphatic rings. The van der Waals surface area contributed by atoms with Gasteiger partial charge >= 0.3 is 5.91 Å². The maximum Gasteiger partial charge on any atom is 0.333 e. The molecule has 2 saturated heterocycles. The average Bonchev–Trinajstić information content (AvgIpc) is 3.96. The number of carbonyl (C=O) groups is 5. The Hall–Kier alpha value is -7.44. The molecule has 18 nitrogen and oxygen atoms in total. The summed E-state index contributed by atoms with van der Waals surface area (Å²) in [5, 5.41) is 15.9. The van der Waals surface area contributed by atoms with Crippen LogP contribution in [-0.2, 0) is 34.4 Å². The van der Waals surface area contributed by atoms with Crippen LogP contribution < -0.4 is 20.1 Å². The smallest absolute Gasteiger partial charge is 0.333 e. The number of amides is 5. The number of halogens is 1. The van der Waals surface area contributed by atoms with Crippen molar-refractivity contribution in [2.75, 3.05) is 45.9 Å². The zero-order valence-corrected chi connectivity index (χ0v) is 39.4. The third-order valence-electron chi connectivity index (χ3n) is 13.1. The zero-order valence-electron chi connectivity index (χ0n) is 38.7. The number of nitrogens with zero attached hydrogens (tertiary/aromatic N) is 7. The second-order valence-corrected chi connectivity index (χ2v) is 17.9. The second-order valence-electron chi connectivity index (χ2n) is 17.5. The molecule has 2 aliphatic heterocycles. The third kappa shape index (κ3) is 9.41. The number of rotatable bonds is 15. The summed E-state index contributed by atoms with van der Waals surface area (Å²) in [5.74, 6) is -1.09. The van der Waals surface area contributed by atoms with Crippen LogP contribution in [0.5, 0.6) is 11.5 Å². The summed E-state index contributed by atoms with van der Waals surface area (Å²) in [5.41, 5.74) is 5.86. The van der Waals surface area contributed by atoms with Crippen LogP contribution >= 0.6 is 11.6 Å². The summed E-state index contributed by atoms with van der Waals surface area (Å²) in [7, 11) is 1.87. The minimum absolute atomic E-state index is 0.104. The minimum Gasteiger partial charge on any atom is -0.493 e. The Balaban J connectivity index is 0.907. The minimum atomic E-state index is -0.887. The molecule has 0 spiro atoms. The lowest BCUT2D eigenvalue weighted by Gasteiger charge is -2.35. The molecular weight excluding hydrogens is 904 g/mol. The van der Waals surface area contributed by atoms with Gasteiger partial charge in [0.1, 0.15) is 34.6 Å². The number of piperidine rings is 1. The predicted octanol–water partition coefficient (Wildman–Crippen LogP) is 6.33. The largest absolute Gasteiger partial charge is 0.493 e. The molecule has 69 heavy (non-hydrogen) atoms. The zero-order chi connectivity index (χ0) is 48.5. The van der Waals surface area contributed by atoms with Crippen LogP contribution in [0, 0.1) is 25.7 Å². The Morgan fingerprint density at radius 1 is 0.928 bits per heavy atom. The van der Waals surface area contributed by atoms with Crippen molar-refractivity contribution in [2.45, 2.75) is 59.0 Å². The summed E-state index contributed by atoms with van der Waals surface area (Å²) in [6.45, 7) is 8.36. The normalized spacial score (nSPS) is 15.5. The third-order valence-corrected chi connectivity index (χ3v) is 13.4. The predicted molar refractivity (Wildman–Crippen MR) is 259 cm³/mol. The number of benzene rings is 4. The highest BCUT2D eigenvalue weighted by Crippen LogP contribution is 2.42. The number of imide groups is 1. The molecule has 1 atom stereocenters. The van der Waals surface area contributed by atoms with Crippen molar-refractivity contribution in [1.82, 2.24) is 44.7 Å². The second kappa shape index (κ2) is 19.7. The fourth-order valence-corrected chi connectivity index (χ4v) is 9.87. The molecule has 3 aromatic heterocycles. The Labute approximate surface area is 401 Å². The number of fused-ring (bicyclic) bond motifs is 3. The molecule has 356 valence electrons. The lowest BCUT2D eigenvalue weighted by molar-refractivity contribution is -0.136. The van der Waals surface area contributed by atoms with E-state index in [-0.39, 0.29) is 42.4 Å². The summed E-state index contributed by atoms with van der Waals surface area (Å²) < 4.78 is 15.9. The first-order chi connectivity index (χ1) is 33.3. The Morgan fingerprint density at radius 3 is 2.46 bits per heavy atom. The van der Waals surface area contributed by atoms with E-state index >= 15 is 0 Å². The Kier molecular flexibility index (Phi) is 13.3. The molecule has 1 unspecified atom stereocenters. The molecule has 7 aromatic rings. The Bertz CT molecular complexity index is 3200. The maximum absolute atomic E-state index is 13.7. The number of aromatic nitrogens is 5. The number of ether oxygens (including phenoxy) is 2. The van der Waals surface area contributed by atoms with Gasteiger partial charge in [0.2, 0.25) is 11.8 Å². The van der Waals surface area contributed by atoms with Crippen molar-refractivity contribution in [3.05, 3.63) is 111 Å². The number of carbonyl (C=O) groups excluding carboxylic acids is 5. The number of aryl methyl sites for hydroxylation is 4. The van der Waals surface area contributed by atoms with Crippen molar-refractivity contribution in [3.8, 4) is 22.6 Å². The molecule has 0 saturated carbocycles. The van der Waals surface area contributed by atoms with Crippen LogP contribution in [0.4, 0.5) is 0 Å². The van der Waals surface area contributed by atoms with Crippen molar-refractivity contribution >= 4 is 73.8 Å². The van der Waals surface area contributed by atoms with Gasteiger partial charge in [-0.15, -0.1) is 4.91 Å². The molecule has 0 radical (unpaired) electrons. The molecule has 0 aliphatic carbocycles. The molecule has 19 heteroatoms. The van der Waals surface area contributed by atoms with Gasteiger partial charge in [-0.05, 0) is 69.2 Å². The van der Waals surface area contributed by atoms with Crippen LogP contribution in [0.25, 0.3) is 43.8 Å². The maximum atomic E-state index is 13.7.